The highest BCUT2D eigenvalue weighted by atomic mass is 16.5. The number of phenols is 1. The number of primary amides is 1. The summed E-state index contributed by atoms with van der Waals surface area (Å²) in [6.45, 7) is 4.82. The number of benzene rings is 2. The van der Waals surface area contributed by atoms with E-state index in [9.17, 15) is 9.90 Å². The molecular formula is C25H30N4O3. The molecule has 7 heteroatoms. The number of aryl methyl sites for hydroxylation is 1. The molecule has 0 radical (unpaired) electrons. The van der Waals surface area contributed by atoms with Crippen LogP contribution in [0.15, 0.2) is 42.5 Å². The van der Waals surface area contributed by atoms with Gasteiger partial charge in [-0.05, 0) is 68.9 Å². The van der Waals surface area contributed by atoms with Gasteiger partial charge in [0, 0.05) is 25.1 Å². The molecule has 5 rings (SSSR count). The summed E-state index contributed by atoms with van der Waals surface area (Å²) in [6, 6.07) is 13.6. The van der Waals surface area contributed by atoms with Gasteiger partial charge in [0.25, 0.3) is 0 Å². The van der Waals surface area contributed by atoms with Gasteiger partial charge in [0.1, 0.15) is 17.7 Å². The molecule has 2 aromatic carbocycles. The Morgan fingerprint density at radius 3 is 2.53 bits per heavy atom. The first-order valence-electron chi connectivity index (χ1n) is 11.3. The Morgan fingerprint density at radius 1 is 1.09 bits per heavy atom. The fourth-order valence-electron chi connectivity index (χ4n) is 4.15. The zero-order valence-electron chi connectivity index (χ0n) is 18.5. The molecule has 2 saturated heterocycles. The molecule has 3 heterocycles. The van der Waals surface area contributed by atoms with Crippen LogP contribution in [0.3, 0.4) is 0 Å². The number of hydrogen-bond donors (Lipinski definition) is 2. The second kappa shape index (κ2) is 9.96. The second-order valence-corrected chi connectivity index (χ2v) is 8.36. The van der Waals surface area contributed by atoms with Crippen LogP contribution in [0.25, 0.3) is 22.3 Å². The highest BCUT2D eigenvalue weighted by Gasteiger charge is 2.20. The highest BCUT2D eigenvalue weighted by molar-refractivity contribution is 5.92. The third kappa shape index (κ3) is 4.99. The molecule has 0 bridgehead atoms. The summed E-state index contributed by atoms with van der Waals surface area (Å²) < 4.78 is 4.94. The van der Waals surface area contributed by atoms with E-state index >= 15 is 0 Å². The standard InChI is InChI=1S/C20H21N3O.C5H9NO2/c1-14-9-10-15-17(13-14)21-19(16-7-3-4-8-18(16)24)22-20(15)23-11-5-2-6-12-23;6-5(7)4-2-1-3-8-4/h3-4,7-10,13,24H,2,5-6,11-12H2,1H3;4H,1-3H2,(H2,6,7). The number of carbonyl (C=O) groups is 1. The molecule has 2 fully saturated rings. The van der Waals surface area contributed by atoms with Gasteiger partial charge in [-0.15, -0.1) is 0 Å². The van der Waals surface area contributed by atoms with Gasteiger partial charge < -0.3 is 20.5 Å². The van der Waals surface area contributed by atoms with Crippen molar-refractivity contribution in [3.63, 3.8) is 0 Å². The second-order valence-electron chi connectivity index (χ2n) is 8.36. The van der Waals surface area contributed by atoms with Crippen molar-refractivity contribution in [1.29, 1.82) is 0 Å². The Hall–Kier alpha value is -3.19. The van der Waals surface area contributed by atoms with Crippen molar-refractivity contribution in [3.8, 4) is 17.1 Å². The molecule has 1 atom stereocenters. The predicted molar refractivity (Wildman–Crippen MR) is 126 cm³/mol. The summed E-state index contributed by atoms with van der Waals surface area (Å²) in [5.74, 6) is 1.46. The number of nitrogens with zero attached hydrogens (tertiary/aromatic N) is 3. The number of aromatic hydroxyl groups is 1. The maximum atomic E-state index is 10.3. The van der Waals surface area contributed by atoms with E-state index in [4.69, 9.17) is 20.4 Å². The Kier molecular flexibility index (Phi) is 6.85. The third-order valence-electron chi connectivity index (χ3n) is 5.88. The maximum absolute atomic E-state index is 10.3. The van der Waals surface area contributed by atoms with Gasteiger partial charge in [-0.25, -0.2) is 9.97 Å². The summed E-state index contributed by atoms with van der Waals surface area (Å²) in [7, 11) is 0. The number of nitrogens with two attached hydrogens (primary N) is 1. The van der Waals surface area contributed by atoms with E-state index in [1.807, 2.05) is 18.2 Å². The zero-order chi connectivity index (χ0) is 22.5. The number of hydrogen-bond acceptors (Lipinski definition) is 6. The fourth-order valence-corrected chi connectivity index (χ4v) is 4.15. The van der Waals surface area contributed by atoms with Crippen LogP contribution < -0.4 is 10.6 Å². The van der Waals surface area contributed by atoms with E-state index in [0.29, 0.717) is 18.0 Å². The van der Waals surface area contributed by atoms with Crippen molar-refractivity contribution < 1.29 is 14.6 Å². The number of amides is 1. The SMILES string of the molecule is Cc1ccc2c(N3CCCCC3)nc(-c3ccccc3O)nc2c1.NC(=O)C1CCCO1. The quantitative estimate of drug-likeness (QED) is 0.647. The first-order valence-corrected chi connectivity index (χ1v) is 11.3. The van der Waals surface area contributed by atoms with Crippen molar-refractivity contribution in [3.05, 3.63) is 48.0 Å². The highest BCUT2D eigenvalue weighted by Crippen LogP contribution is 2.32. The van der Waals surface area contributed by atoms with Crippen LogP contribution in [-0.2, 0) is 9.53 Å². The van der Waals surface area contributed by atoms with E-state index in [1.165, 1.54) is 24.8 Å². The predicted octanol–water partition coefficient (Wildman–Crippen LogP) is 3.95. The normalized spacial score (nSPS) is 18.3. The molecule has 32 heavy (non-hydrogen) atoms. The first kappa shape index (κ1) is 22.0. The largest absolute Gasteiger partial charge is 0.507 e. The molecule has 0 aliphatic carbocycles. The topological polar surface area (TPSA) is 102 Å². The van der Waals surface area contributed by atoms with Gasteiger partial charge in [0.15, 0.2) is 5.82 Å². The van der Waals surface area contributed by atoms with Crippen LogP contribution in [0.1, 0.15) is 37.7 Å². The molecule has 7 nitrogen and oxygen atoms in total. The average Bonchev–Trinajstić information content (AvgIpc) is 3.35. The van der Waals surface area contributed by atoms with Gasteiger partial charge >= 0.3 is 0 Å². The molecule has 2 aliphatic heterocycles. The Labute approximate surface area is 188 Å². The van der Waals surface area contributed by atoms with Crippen molar-refractivity contribution >= 4 is 22.6 Å². The third-order valence-corrected chi connectivity index (χ3v) is 5.88. The smallest absolute Gasteiger partial charge is 0.246 e. The Morgan fingerprint density at radius 2 is 1.88 bits per heavy atom. The van der Waals surface area contributed by atoms with Gasteiger partial charge in [-0.3, -0.25) is 4.79 Å². The van der Waals surface area contributed by atoms with Crippen molar-refractivity contribution in [2.75, 3.05) is 24.6 Å². The molecule has 2 aliphatic rings. The molecule has 1 unspecified atom stereocenters. The lowest BCUT2D eigenvalue weighted by Crippen LogP contribution is -2.30. The van der Waals surface area contributed by atoms with E-state index in [1.54, 1.807) is 6.07 Å². The number of carbonyl (C=O) groups excluding carboxylic acids is 1. The summed E-state index contributed by atoms with van der Waals surface area (Å²) >= 11 is 0. The van der Waals surface area contributed by atoms with Crippen LogP contribution in [-0.4, -0.2) is 46.8 Å². The van der Waals surface area contributed by atoms with Crippen molar-refractivity contribution in [1.82, 2.24) is 9.97 Å². The first-order chi connectivity index (χ1) is 15.5. The van der Waals surface area contributed by atoms with Gasteiger partial charge in [-0.1, -0.05) is 18.2 Å². The fraction of sp³-hybridized carbons (Fsp3) is 0.400. The van der Waals surface area contributed by atoms with E-state index in [2.05, 4.69) is 30.0 Å². The van der Waals surface area contributed by atoms with Gasteiger partial charge in [0.05, 0.1) is 11.1 Å². The van der Waals surface area contributed by atoms with E-state index < -0.39 is 0 Å². The molecule has 0 spiro atoms. The lowest BCUT2D eigenvalue weighted by Gasteiger charge is -2.29. The van der Waals surface area contributed by atoms with Crippen LogP contribution in [0.5, 0.6) is 5.75 Å². The average molecular weight is 435 g/mol. The number of piperidine rings is 1. The van der Waals surface area contributed by atoms with E-state index in [0.717, 1.165) is 42.7 Å². The number of aromatic nitrogens is 2. The summed E-state index contributed by atoms with van der Waals surface area (Å²) in [5.41, 5.74) is 7.72. The number of ether oxygens (including phenoxy) is 1. The van der Waals surface area contributed by atoms with Crippen LogP contribution in [0.4, 0.5) is 5.82 Å². The number of phenolic OH excluding ortho intramolecular Hbond substituents is 1. The van der Waals surface area contributed by atoms with Gasteiger partial charge in [0.2, 0.25) is 5.91 Å². The molecule has 1 amide bonds. The maximum Gasteiger partial charge on any atom is 0.246 e. The minimum atomic E-state index is -0.331. The molecule has 3 N–H and O–H groups in total. The van der Waals surface area contributed by atoms with E-state index in [-0.39, 0.29) is 17.8 Å². The lowest BCUT2D eigenvalue weighted by atomic mass is 10.1. The Bertz CT molecular complexity index is 1090. The molecule has 0 saturated carbocycles. The number of fused-ring (bicyclic) bond motifs is 1. The zero-order valence-corrected chi connectivity index (χ0v) is 18.5. The monoisotopic (exact) mass is 434 g/mol. The number of anilines is 1. The number of para-hydroxylation sites is 1. The summed E-state index contributed by atoms with van der Waals surface area (Å²) in [4.78, 5) is 22.2. The van der Waals surface area contributed by atoms with Gasteiger partial charge in [-0.2, -0.15) is 0 Å². The molecular weight excluding hydrogens is 404 g/mol. The minimum absolute atomic E-state index is 0.217. The lowest BCUT2D eigenvalue weighted by molar-refractivity contribution is -0.126. The van der Waals surface area contributed by atoms with Crippen LogP contribution >= 0.6 is 0 Å². The summed E-state index contributed by atoms with van der Waals surface area (Å²) in [5, 5.41) is 11.3. The number of rotatable bonds is 3. The van der Waals surface area contributed by atoms with Crippen LogP contribution in [0, 0.1) is 6.92 Å². The Balaban J connectivity index is 0.000000260. The van der Waals surface area contributed by atoms with Crippen LogP contribution in [0.2, 0.25) is 0 Å². The summed E-state index contributed by atoms with van der Waals surface area (Å²) in [6.07, 6.45) is 5.15. The molecule has 1 aromatic heterocycles. The van der Waals surface area contributed by atoms with Crippen molar-refractivity contribution in [2.24, 2.45) is 5.73 Å². The molecule has 168 valence electrons. The minimum Gasteiger partial charge on any atom is -0.507 e. The van der Waals surface area contributed by atoms with Crippen molar-refractivity contribution in [2.45, 2.75) is 45.1 Å². The molecule has 3 aromatic rings.